The molecule has 1 aromatic carbocycles. The summed E-state index contributed by atoms with van der Waals surface area (Å²) in [6.45, 7) is 3.71. The fourth-order valence-electron chi connectivity index (χ4n) is 3.82. The summed E-state index contributed by atoms with van der Waals surface area (Å²) < 4.78 is 14.7. The number of nitrogens with one attached hydrogen (secondary N) is 1. The van der Waals surface area contributed by atoms with Crippen molar-refractivity contribution in [1.29, 1.82) is 5.26 Å². The maximum absolute atomic E-state index is 13.2. The van der Waals surface area contributed by atoms with E-state index in [2.05, 4.69) is 16.9 Å². The van der Waals surface area contributed by atoms with Gasteiger partial charge in [0.05, 0.1) is 23.9 Å². The predicted octanol–water partition coefficient (Wildman–Crippen LogP) is 3.40. The first-order valence-electron chi connectivity index (χ1n) is 9.59. The number of carbonyl (C=O) groups is 1. The molecule has 0 atom stereocenters. The summed E-state index contributed by atoms with van der Waals surface area (Å²) in [7, 11) is 0. The van der Waals surface area contributed by atoms with Gasteiger partial charge < -0.3 is 9.88 Å². The molecule has 7 heteroatoms. The van der Waals surface area contributed by atoms with Crippen LogP contribution in [0.5, 0.6) is 0 Å². The minimum atomic E-state index is -0.442. The molecule has 1 fully saturated rings. The van der Waals surface area contributed by atoms with Gasteiger partial charge in [0, 0.05) is 23.5 Å². The number of halogens is 1. The quantitative estimate of drug-likeness (QED) is 0.639. The van der Waals surface area contributed by atoms with Crippen LogP contribution in [-0.2, 0) is 11.3 Å². The number of anilines is 1. The molecule has 30 heavy (non-hydrogen) atoms. The van der Waals surface area contributed by atoms with Crippen molar-refractivity contribution in [3.63, 3.8) is 0 Å². The zero-order valence-electron chi connectivity index (χ0n) is 16.1. The lowest BCUT2D eigenvalue weighted by atomic mass is 9.77. The average Bonchev–Trinajstić information content (AvgIpc) is 2.73. The Morgan fingerprint density at radius 3 is 2.73 bits per heavy atom. The van der Waals surface area contributed by atoms with E-state index < -0.39 is 5.56 Å². The molecule has 0 aliphatic heterocycles. The number of allylic oxidation sites excluding steroid dienone is 1. The molecule has 4 rings (SSSR count). The first-order chi connectivity index (χ1) is 14.5. The monoisotopic (exact) mass is 402 g/mol. The normalized spacial score (nSPS) is 17.7. The zero-order chi connectivity index (χ0) is 21.3. The smallest absolute Gasteiger partial charge is 0.271 e. The second-order valence-corrected chi connectivity index (χ2v) is 7.39. The van der Waals surface area contributed by atoms with Gasteiger partial charge >= 0.3 is 0 Å². The molecule has 1 N–H and O–H groups in total. The summed E-state index contributed by atoms with van der Waals surface area (Å²) in [6, 6.07) is 9.65. The maximum Gasteiger partial charge on any atom is 0.271 e. The van der Waals surface area contributed by atoms with Crippen molar-refractivity contribution in [2.45, 2.75) is 25.4 Å². The van der Waals surface area contributed by atoms with E-state index in [1.54, 1.807) is 30.6 Å². The second kappa shape index (κ2) is 7.91. The van der Waals surface area contributed by atoms with Gasteiger partial charge in [-0.2, -0.15) is 5.26 Å². The van der Waals surface area contributed by atoms with Crippen LogP contribution in [-0.4, -0.2) is 21.4 Å². The van der Waals surface area contributed by atoms with Crippen LogP contribution >= 0.6 is 0 Å². The summed E-state index contributed by atoms with van der Waals surface area (Å²) in [4.78, 5) is 29.0. The highest BCUT2D eigenvalue weighted by Crippen LogP contribution is 2.34. The lowest BCUT2D eigenvalue weighted by Crippen LogP contribution is -2.40. The number of nitrogens with zero attached hydrogens (tertiary/aromatic N) is 3. The maximum atomic E-state index is 13.2. The number of aromatic nitrogens is 2. The minimum Gasteiger partial charge on any atom is -0.380 e. The molecule has 0 spiro atoms. The lowest BCUT2D eigenvalue weighted by Gasteiger charge is -2.35. The number of pyridine rings is 2. The van der Waals surface area contributed by atoms with Crippen molar-refractivity contribution in [1.82, 2.24) is 9.55 Å². The largest absolute Gasteiger partial charge is 0.380 e. The number of carbonyl (C=O) groups excluding carboxylic acids is 1. The second-order valence-electron chi connectivity index (χ2n) is 7.39. The summed E-state index contributed by atoms with van der Waals surface area (Å²) in [5.74, 6) is -0.418. The van der Waals surface area contributed by atoms with E-state index in [4.69, 9.17) is 0 Å². The van der Waals surface area contributed by atoms with Crippen molar-refractivity contribution in [2.75, 3.05) is 5.32 Å². The summed E-state index contributed by atoms with van der Waals surface area (Å²) >= 11 is 0. The summed E-state index contributed by atoms with van der Waals surface area (Å²) in [5, 5.41) is 13.7. The number of hydrogen-bond acceptors (Lipinski definition) is 5. The van der Waals surface area contributed by atoms with Crippen LogP contribution in [0.2, 0.25) is 0 Å². The summed E-state index contributed by atoms with van der Waals surface area (Å²) in [6.07, 6.45) is 5.77. The van der Waals surface area contributed by atoms with Crippen LogP contribution in [0.15, 0.2) is 60.2 Å². The van der Waals surface area contributed by atoms with Gasteiger partial charge in [-0.05, 0) is 42.7 Å². The highest BCUT2D eigenvalue weighted by molar-refractivity contribution is 5.95. The highest BCUT2D eigenvalue weighted by atomic mass is 19.1. The van der Waals surface area contributed by atoms with Crippen molar-refractivity contribution in [3.8, 4) is 6.07 Å². The van der Waals surface area contributed by atoms with Crippen molar-refractivity contribution >= 4 is 22.4 Å². The van der Waals surface area contributed by atoms with Gasteiger partial charge in [0.2, 0.25) is 0 Å². The van der Waals surface area contributed by atoms with Gasteiger partial charge in [-0.25, -0.2) is 4.39 Å². The van der Waals surface area contributed by atoms with E-state index >= 15 is 0 Å². The van der Waals surface area contributed by atoms with E-state index in [-0.39, 0.29) is 35.7 Å². The number of benzene rings is 1. The Bertz CT molecular complexity index is 1240. The van der Waals surface area contributed by atoms with E-state index in [0.29, 0.717) is 29.4 Å². The first kappa shape index (κ1) is 19.5. The third kappa shape index (κ3) is 3.48. The van der Waals surface area contributed by atoms with E-state index in [1.807, 2.05) is 6.07 Å². The average molecular weight is 402 g/mol. The van der Waals surface area contributed by atoms with Crippen LogP contribution in [0.4, 0.5) is 10.1 Å². The van der Waals surface area contributed by atoms with Crippen molar-refractivity contribution in [3.05, 3.63) is 82.7 Å². The molecule has 0 unspecified atom stereocenters. The molecule has 0 bridgehead atoms. The third-order valence-electron chi connectivity index (χ3n) is 5.53. The Kier molecular flexibility index (Phi) is 5.15. The van der Waals surface area contributed by atoms with Gasteiger partial charge in [0.25, 0.3) is 5.56 Å². The van der Waals surface area contributed by atoms with Gasteiger partial charge in [0.1, 0.15) is 17.4 Å². The van der Waals surface area contributed by atoms with E-state index in [1.165, 1.54) is 22.8 Å². The number of fused-ring (bicyclic) bond motifs is 1. The van der Waals surface area contributed by atoms with Crippen LogP contribution in [0.3, 0.4) is 0 Å². The number of hydrogen-bond donors (Lipinski definition) is 1. The first-order valence-corrected chi connectivity index (χ1v) is 9.59. The number of ketones is 1. The number of nitriles is 1. The Balaban J connectivity index is 1.75. The Morgan fingerprint density at radius 2 is 2.07 bits per heavy atom. The molecule has 1 aliphatic rings. The van der Waals surface area contributed by atoms with Crippen LogP contribution in [0, 0.1) is 23.1 Å². The molecule has 3 aromatic rings. The summed E-state index contributed by atoms with van der Waals surface area (Å²) in [5.41, 5.74) is 1.34. The Hall–Kier alpha value is -3.79. The molecule has 2 aromatic heterocycles. The van der Waals surface area contributed by atoms with Crippen LogP contribution in [0.25, 0.3) is 10.9 Å². The number of rotatable bonds is 6. The van der Waals surface area contributed by atoms with Gasteiger partial charge in [-0.1, -0.05) is 18.7 Å². The standard InChI is InChI=1S/C23H19FN4O2/c1-2-21(29)15-9-17(10-15)27-22-18-7-8-26-12-20(18)28(23(30)19(22)11-25)13-14-3-5-16(24)6-4-14/h2-8,12,15,17,27H,1,9-10,13H2. The molecule has 0 radical (unpaired) electrons. The molecular weight excluding hydrogens is 383 g/mol. The fourth-order valence-corrected chi connectivity index (χ4v) is 3.82. The third-order valence-corrected chi connectivity index (χ3v) is 5.53. The molecule has 6 nitrogen and oxygen atoms in total. The zero-order valence-corrected chi connectivity index (χ0v) is 16.1. The molecule has 150 valence electrons. The van der Waals surface area contributed by atoms with Gasteiger partial charge in [-0.3, -0.25) is 14.6 Å². The van der Waals surface area contributed by atoms with E-state index in [0.717, 1.165) is 5.56 Å². The highest BCUT2D eigenvalue weighted by Gasteiger charge is 2.34. The fraction of sp³-hybridized carbons (Fsp3) is 0.217. The lowest BCUT2D eigenvalue weighted by molar-refractivity contribution is -0.120. The van der Waals surface area contributed by atoms with Crippen LogP contribution < -0.4 is 10.9 Å². The molecule has 0 saturated heterocycles. The molecule has 1 saturated carbocycles. The van der Waals surface area contributed by atoms with Crippen LogP contribution in [0.1, 0.15) is 24.0 Å². The molecule has 0 amide bonds. The van der Waals surface area contributed by atoms with Crippen molar-refractivity contribution < 1.29 is 9.18 Å². The molecule has 2 heterocycles. The van der Waals surface area contributed by atoms with E-state index in [9.17, 15) is 19.2 Å². The molecular formula is C23H19FN4O2. The predicted molar refractivity (Wildman–Crippen MR) is 112 cm³/mol. The Morgan fingerprint density at radius 1 is 1.33 bits per heavy atom. The van der Waals surface area contributed by atoms with Crippen molar-refractivity contribution in [2.24, 2.45) is 5.92 Å². The van der Waals surface area contributed by atoms with Gasteiger partial charge in [-0.15, -0.1) is 0 Å². The SMILES string of the molecule is C=CC(=O)C1CC(Nc2c(C#N)c(=O)n(Cc3ccc(F)cc3)c3cnccc23)C1. The Labute approximate surface area is 172 Å². The topological polar surface area (TPSA) is 87.8 Å². The molecule has 1 aliphatic carbocycles. The van der Waals surface area contributed by atoms with Gasteiger partial charge in [0.15, 0.2) is 5.78 Å². The minimum absolute atomic E-state index is 0.00489.